The number of hydrogen-bond acceptors (Lipinski definition) is 6. The molecule has 0 aromatic heterocycles. The minimum Gasteiger partial charge on any atom is -0.490 e. The number of carbonyl (C=O) groups excluding carboxylic acids is 1. The average molecular weight is 576 g/mol. The van der Waals surface area contributed by atoms with Crippen molar-refractivity contribution in [3.63, 3.8) is 0 Å². The second-order valence-electron chi connectivity index (χ2n) is 10.1. The summed E-state index contributed by atoms with van der Waals surface area (Å²) in [5.74, 6) is -0.796. The lowest BCUT2D eigenvalue weighted by molar-refractivity contribution is -0.137. The largest absolute Gasteiger partial charge is 0.490 e. The van der Waals surface area contributed by atoms with Crippen LogP contribution in [0.25, 0.3) is 0 Å². The van der Waals surface area contributed by atoms with E-state index in [9.17, 15) is 34.8 Å². The van der Waals surface area contributed by atoms with Crippen LogP contribution in [0.1, 0.15) is 56.5 Å². The first-order valence-corrected chi connectivity index (χ1v) is 15.1. The Bertz CT molecular complexity index is 1430. The highest BCUT2D eigenvalue weighted by Crippen LogP contribution is 2.40. The summed E-state index contributed by atoms with van der Waals surface area (Å²) in [6.07, 6.45) is -1.62. The van der Waals surface area contributed by atoms with E-state index in [1.807, 2.05) is 0 Å². The highest BCUT2D eigenvalue weighted by Gasteiger charge is 2.47. The number of sulfone groups is 2. The number of carbonyl (C=O) groups is 1. The van der Waals surface area contributed by atoms with Crippen molar-refractivity contribution in [2.24, 2.45) is 5.92 Å². The van der Waals surface area contributed by atoms with Crippen LogP contribution in [0.5, 0.6) is 5.75 Å². The summed E-state index contributed by atoms with van der Waals surface area (Å²) in [7, 11) is -7.99. The highest BCUT2D eigenvalue weighted by molar-refractivity contribution is 7.92. The van der Waals surface area contributed by atoms with Gasteiger partial charge in [-0.15, -0.1) is 0 Å². The van der Waals surface area contributed by atoms with Gasteiger partial charge in [0.1, 0.15) is 5.75 Å². The van der Waals surface area contributed by atoms with Crippen LogP contribution in [-0.4, -0.2) is 57.8 Å². The van der Waals surface area contributed by atoms with E-state index < -0.39 is 52.9 Å². The van der Waals surface area contributed by atoms with E-state index in [1.54, 1.807) is 0 Å². The molecule has 2 aromatic carbocycles. The summed E-state index contributed by atoms with van der Waals surface area (Å²) in [5, 5.41) is 0. The van der Waals surface area contributed by atoms with Crippen molar-refractivity contribution in [3.05, 3.63) is 53.6 Å². The molecule has 1 heterocycles. The molecule has 1 aliphatic carbocycles. The Morgan fingerprint density at radius 3 is 2.24 bits per heavy atom. The molecule has 210 valence electrons. The maximum Gasteiger partial charge on any atom is 0.416 e. The molecule has 0 unspecified atom stereocenters. The number of benzene rings is 2. The lowest BCUT2D eigenvalue weighted by Gasteiger charge is -2.31. The molecular formula is C26H32F3NO6S2. The molecule has 2 aliphatic rings. The smallest absolute Gasteiger partial charge is 0.416 e. The maximum atomic E-state index is 13.4. The highest BCUT2D eigenvalue weighted by atomic mass is 32.2. The zero-order chi connectivity index (χ0) is 27.4. The molecule has 12 heteroatoms. The third kappa shape index (κ3) is 5.85. The van der Waals surface area contributed by atoms with Gasteiger partial charge in [-0.05, 0) is 75.4 Å². The van der Waals surface area contributed by atoms with Crippen LogP contribution in [0.3, 0.4) is 0 Å². The summed E-state index contributed by atoms with van der Waals surface area (Å²) in [6, 6.07) is 7.88. The number of amides is 1. The number of hydrogen-bond donors (Lipinski definition) is 0. The van der Waals surface area contributed by atoms with E-state index in [-0.39, 0.29) is 43.5 Å². The monoisotopic (exact) mass is 575 g/mol. The molecule has 2 fully saturated rings. The van der Waals surface area contributed by atoms with Crippen molar-refractivity contribution in [2.45, 2.75) is 67.4 Å². The van der Waals surface area contributed by atoms with Gasteiger partial charge in [-0.3, -0.25) is 4.79 Å². The van der Waals surface area contributed by atoms with Crippen molar-refractivity contribution in [2.75, 3.05) is 19.3 Å². The van der Waals surface area contributed by atoms with Gasteiger partial charge in [0.25, 0.3) is 5.91 Å². The van der Waals surface area contributed by atoms with Gasteiger partial charge >= 0.3 is 6.18 Å². The van der Waals surface area contributed by atoms with Crippen LogP contribution in [0.15, 0.2) is 52.3 Å². The van der Waals surface area contributed by atoms with Gasteiger partial charge in [0.2, 0.25) is 0 Å². The number of ether oxygens (including phenoxy) is 1. The molecule has 4 rings (SSSR count). The molecule has 0 N–H and O–H groups in total. The number of halogens is 3. The lowest BCUT2D eigenvalue weighted by atomic mass is 9.94. The van der Waals surface area contributed by atoms with Crippen LogP contribution in [0, 0.1) is 5.92 Å². The van der Waals surface area contributed by atoms with E-state index in [0.717, 1.165) is 37.3 Å². The molecule has 0 bridgehead atoms. The first kappa shape index (κ1) is 29.9. The van der Waals surface area contributed by atoms with Crippen LogP contribution in [0.4, 0.5) is 13.2 Å². The Morgan fingerprint density at radius 2 is 1.66 bits per heavy atom. The Hall–Kier alpha value is -2.60. The molecule has 38 heavy (non-hydrogen) atoms. The summed E-state index contributed by atoms with van der Waals surface area (Å²) < 4.78 is 95.4. The minimum atomic E-state index is -4.69. The van der Waals surface area contributed by atoms with E-state index in [4.69, 9.17) is 4.74 Å². The molecule has 1 saturated carbocycles. The molecule has 1 amide bonds. The Labute approximate surface area is 221 Å². The van der Waals surface area contributed by atoms with Crippen LogP contribution >= 0.6 is 0 Å². The predicted octanol–water partition coefficient (Wildman–Crippen LogP) is 5.00. The summed E-state index contributed by atoms with van der Waals surface area (Å²) in [6.45, 7) is 3.06. The van der Waals surface area contributed by atoms with Crippen molar-refractivity contribution < 1.29 is 39.5 Å². The van der Waals surface area contributed by atoms with Crippen molar-refractivity contribution in [3.8, 4) is 5.75 Å². The van der Waals surface area contributed by atoms with Gasteiger partial charge < -0.3 is 9.64 Å². The normalized spacial score (nSPS) is 18.7. The first-order valence-electron chi connectivity index (χ1n) is 11.7. The molecule has 2 aromatic rings. The van der Waals surface area contributed by atoms with Gasteiger partial charge in [0, 0.05) is 19.3 Å². The molecule has 1 atom stereocenters. The van der Waals surface area contributed by atoms with Crippen LogP contribution in [0.2, 0.25) is 0 Å². The standard InChI is InChI=1S/C25H28F3NO6S2.CH4/c1-24(2,37(33,34)20-6-4-5-16(13-20)25(26,27)28)17-11-12-29(15-17)23(30)21-10-9-19(35-18-7-8-18)14-22(21)36(3,31)32;/h4-6,9-10,13-14,17-18H,7-8,11-12,15H2,1-3H3;1H4/t17-;/m1./s1. The predicted molar refractivity (Wildman–Crippen MR) is 137 cm³/mol. The zero-order valence-corrected chi connectivity index (χ0v) is 22.2. The molecule has 1 aliphatic heterocycles. The summed E-state index contributed by atoms with van der Waals surface area (Å²) in [5.41, 5.74) is -1.10. The van der Waals surface area contributed by atoms with E-state index in [2.05, 4.69) is 0 Å². The maximum absolute atomic E-state index is 13.4. The molecule has 0 spiro atoms. The van der Waals surface area contributed by atoms with Gasteiger partial charge in [0.05, 0.1) is 31.8 Å². The minimum absolute atomic E-state index is 0. The fraction of sp³-hybridized carbons (Fsp3) is 0.500. The average Bonchev–Trinajstić information content (AvgIpc) is 3.47. The van der Waals surface area contributed by atoms with E-state index in [0.29, 0.717) is 11.8 Å². The van der Waals surface area contributed by atoms with Gasteiger partial charge in [-0.25, -0.2) is 16.8 Å². The van der Waals surface area contributed by atoms with Crippen molar-refractivity contribution >= 4 is 25.6 Å². The summed E-state index contributed by atoms with van der Waals surface area (Å²) in [4.78, 5) is 14.1. The SMILES string of the molecule is C.CC(C)([C@@H]1CCN(C(=O)c2ccc(OC3CC3)cc2S(C)(=O)=O)C1)S(=O)(=O)c1cccc(C(F)(F)F)c1. The number of likely N-dealkylation sites (tertiary alicyclic amines) is 1. The third-order valence-electron chi connectivity index (χ3n) is 7.03. The van der Waals surface area contributed by atoms with Crippen LogP contribution in [-0.2, 0) is 25.9 Å². The van der Waals surface area contributed by atoms with E-state index in [1.165, 1.54) is 36.9 Å². The van der Waals surface area contributed by atoms with Crippen LogP contribution < -0.4 is 4.74 Å². The zero-order valence-electron chi connectivity index (χ0n) is 20.6. The second-order valence-corrected chi connectivity index (χ2v) is 14.6. The number of rotatable bonds is 7. The fourth-order valence-corrected chi connectivity index (χ4v) is 7.15. The Kier molecular flexibility index (Phi) is 8.02. The van der Waals surface area contributed by atoms with Gasteiger partial charge in [-0.2, -0.15) is 13.2 Å². The van der Waals surface area contributed by atoms with E-state index >= 15 is 0 Å². The quantitative estimate of drug-likeness (QED) is 0.461. The Balaban J connectivity index is 0.00000400. The second kappa shape index (κ2) is 10.2. The molecular weight excluding hydrogens is 543 g/mol. The lowest BCUT2D eigenvalue weighted by Crippen LogP contribution is -2.42. The molecule has 0 radical (unpaired) electrons. The first-order chi connectivity index (χ1) is 17.0. The topological polar surface area (TPSA) is 97.8 Å². The third-order valence-corrected chi connectivity index (χ3v) is 10.8. The van der Waals surface area contributed by atoms with Crippen molar-refractivity contribution in [1.82, 2.24) is 4.90 Å². The number of nitrogens with zero attached hydrogens (tertiary/aromatic N) is 1. The van der Waals surface area contributed by atoms with Gasteiger partial charge in [-0.1, -0.05) is 13.5 Å². The molecule has 7 nitrogen and oxygen atoms in total. The summed E-state index contributed by atoms with van der Waals surface area (Å²) >= 11 is 0. The molecule has 1 saturated heterocycles. The fourth-order valence-electron chi connectivity index (χ4n) is 4.48. The van der Waals surface area contributed by atoms with Gasteiger partial charge in [0.15, 0.2) is 19.7 Å². The number of alkyl halides is 3. The van der Waals surface area contributed by atoms with Crippen molar-refractivity contribution in [1.29, 1.82) is 0 Å². The Morgan fingerprint density at radius 1 is 1.00 bits per heavy atom.